The highest BCUT2D eigenvalue weighted by molar-refractivity contribution is 4.83. The maximum atomic E-state index is 6.18. The van der Waals surface area contributed by atoms with Crippen LogP contribution in [0.5, 0.6) is 0 Å². The van der Waals surface area contributed by atoms with E-state index in [1.807, 2.05) is 0 Å². The molecular weight excluding hydrogens is 162 g/mol. The van der Waals surface area contributed by atoms with Gasteiger partial charge in [-0.3, -0.25) is 0 Å². The average Bonchev–Trinajstić information content (AvgIpc) is 2.01. The second-order valence-electron chi connectivity index (χ2n) is 4.48. The molecule has 0 aliphatic rings. The minimum Gasteiger partial charge on any atom is -0.379 e. The normalized spacial score (nSPS) is 18.7. The Morgan fingerprint density at radius 2 is 1.85 bits per heavy atom. The number of ether oxygens (including phenoxy) is 1. The van der Waals surface area contributed by atoms with E-state index in [0.29, 0.717) is 12.0 Å². The van der Waals surface area contributed by atoms with Crippen molar-refractivity contribution in [2.24, 2.45) is 11.7 Å². The van der Waals surface area contributed by atoms with Crippen LogP contribution in [-0.4, -0.2) is 18.2 Å². The standard InChI is InChI=1S/C11H25NO/c1-6-10(4)11(5,12)7-8-13-9(2)3/h9-10H,6-8,12H2,1-5H3. The average molecular weight is 187 g/mol. The Balaban J connectivity index is 3.75. The molecule has 0 aromatic carbocycles. The predicted octanol–water partition coefficient (Wildman–Crippen LogP) is 2.57. The maximum absolute atomic E-state index is 6.18. The Labute approximate surface area is 82.8 Å². The predicted molar refractivity (Wildman–Crippen MR) is 57.8 cm³/mol. The molecule has 0 aliphatic carbocycles. The molecule has 80 valence electrons. The largest absolute Gasteiger partial charge is 0.379 e. The van der Waals surface area contributed by atoms with Gasteiger partial charge in [-0.1, -0.05) is 20.3 Å². The number of hydrogen-bond donors (Lipinski definition) is 1. The van der Waals surface area contributed by atoms with Gasteiger partial charge in [0, 0.05) is 12.1 Å². The fraction of sp³-hybridized carbons (Fsp3) is 1.00. The smallest absolute Gasteiger partial charge is 0.0518 e. The molecule has 0 aliphatic heterocycles. The van der Waals surface area contributed by atoms with Crippen LogP contribution in [0.3, 0.4) is 0 Å². The zero-order valence-corrected chi connectivity index (χ0v) is 9.76. The molecule has 0 rings (SSSR count). The molecule has 2 nitrogen and oxygen atoms in total. The third kappa shape index (κ3) is 5.27. The third-order valence-corrected chi connectivity index (χ3v) is 2.83. The van der Waals surface area contributed by atoms with Crippen LogP contribution in [0.25, 0.3) is 0 Å². The molecular formula is C11H25NO. The molecule has 0 saturated carbocycles. The minimum absolute atomic E-state index is 0.0797. The van der Waals surface area contributed by atoms with Crippen molar-refractivity contribution < 1.29 is 4.74 Å². The van der Waals surface area contributed by atoms with Gasteiger partial charge in [-0.05, 0) is 33.1 Å². The Morgan fingerprint density at radius 3 is 2.23 bits per heavy atom. The Hall–Kier alpha value is -0.0800. The highest BCUT2D eigenvalue weighted by atomic mass is 16.5. The fourth-order valence-corrected chi connectivity index (χ4v) is 1.23. The highest BCUT2D eigenvalue weighted by Gasteiger charge is 2.24. The van der Waals surface area contributed by atoms with Crippen molar-refractivity contribution in [3.8, 4) is 0 Å². The van der Waals surface area contributed by atoms with Gasteiger partial charge in [0.05, 0.1) is 6.10 Å². The summed E-state index contributed by atoms with van der Waals surface area (Å²) in [7, 11) is 0. The van der Waals surface area contributed by atoms with Crippen molar-refractivity contribution in [1.82, 2.24) is 0 Å². The number of rotatable bonds is 6. The summed E-state index contributed by atoms with van der Waals surface area (Å²) in [6.07, 6.45) is 2.39. The summed E-state index contributed by atoms with van der Waals surface area (Å²) >= 11 is 0. The second-order valence-corrected chi connectivity index (χ2v) is 4.48. The molecule has 0 saturated heterocycles. The Morgan fingerprint density at radius 1 is 1.31 bits per heavy atom. The summed E-state index contributed by atoms with van der Waals surface area (Å²) in [5, 5.41) is 0. The van der Waals surface area contributed by atoms with E-state index in [2.05, 4.69) is 34.6 Å². The molecule has 0 spiro atoms. The molecule has 2 unspecified atom stereocenters. The number of hydrogen-bond acceptors (Lipinski definition) is 2. The van der Waals surface area contributed by atoms with Crippen molar-refractivity contribution in [3.05, 3.63) is 0 Å². The quantitative estimate of drug-likeness (QED) is 0.693. The molecule has 0 aromatic heterocycles. The van der Waals surface area contributed by atoms with Crippen molar-refractivity contribution in [3.63, 3.8) is 0 Å². The summed E-state index contributed by atoms with van der Waals surface area (Å²) < 4.78 is 5.49. The first kappa shape index (κ1) is 12.9. The third-order valence-electron chi connectivity index (χ3n) is 2.83. The van der Waals surface area contributed by atoms with Crippen LogP contribution < -0.4 is 5.73 Å². The number of nitrogens with two attached hydrogens (primary N) is 1. The van der Waals surface area contributed by atoms with Crippen LogP contribution in [0.15, 0.2) is 0 Å². The van der Waals surface area contributed by atoms with Crippen LogP contribution in [0, 0.1) is 5.92 Å². The van der Waals surface area contributed by atoms with Gasteiger partial charge < -0.3 is 10.5 Å². The first-order valence-electron chi connectivity index (χ1n) is 5.30. The topological polar surface area (TPSA) is 35.2 Å². The van der Waals surface area contributed by atoms with E-state index < -0.39 is 0 Å². The van der Waals surface area contributed by atoms with Crippen molar-refractivity contribution in [2.75, 3.05) is 6.61 Å². The van der Waals surface area contributed by atoms with E-state index in [9.17, 15) is 0 Å². The SMILES string of the molecule is CCC(C)C(C)(N)CCOC(C)C. The molecule has 2 atom stereocenters. The maximum Gasteiger partial charge on any atom is 0.0518 e. The first-order chi connectivity index (χ1) is 5.90. The van der Waals surface area contributed by atoms with E-state index >= 15 is 0 Å². The lowest BCUT2D eigenvalue weighted by Gasteiger charge is -2.31. The molecule has 0 fully saturated rings. The van der Waals surface area contributed by atoms with Gasteiger partial charge in [0.1, 0.15) is 0 Å². The molecule has 2 heteroatoms. The van der Waals surface area contributed by atoms with Gasteiger partial charge in [-0.2, -0.15) is 0 Å². The molecule has 0 aromatic rings. The summed E-state index contributed by atoms with van der Waals surface area (Å²) in [5.41, 5.74) is 6.10. The van der Waals surface area contributed by atoms with Crippen molar-refractivity contribution >= 4 is 0 Å². The van der Waals surface area contributed by atoms with Crippen LogP contribution in [0.2, 0.25) is 0 Å². The van der Waals surface area contributed by atoms with E-state index in [0.717, 1.165) is 19.4 Å². The van der Waals surface area contributed by atoms with Crippen LogP contribution in [0.1, 0.15) is 47.5 Å². The molecule has 0 radical (unpaired) electrons. The summed E-state index contributed by atoms with van der Waals surface area (Å²) in [5.74, 6) is 0.559. The van der Waals surface area contributed by atoms with E-state index in [1.54, 1.807) is 0 Å². The summed E-state index contributed by atoms with van der Waals surface area (Å²) in [6, 6.07) is 0. The van der Waals surface area contributed by atoms with Gasteiger partial charge in [0.25, 0.3) is 0 Å². The zero-order valence-electron chi connectivity index (χ0n) is 9.76. The molecule has 0 heterocycles. The van der Waals surface area contributed by atoms with Crippen molar-refractivity contribution in [1.29, 1.82) is 0 Å². The van der Waals surface area contributed by atoms with Gasteiger partial charge in [0.2, 0.25) is 0 Å². The lowest BCUT2D eigenvalue weighted by Crippen LogP contribution is -2.43. The van der Waals surface area contributed by atoms with Gasteiger partial charge in [0.15, 0.2) is 0 Å². The lowest BCUT2D eigenvalue weighted by molar-refractivity contribution is 0.0597. The van der Waals surface area contributed by atoms with Gasteiger partial charge in [-0.15, -0.1) is 0 Å². The second kappa shape index (κ2) is 5.61. The zero-order chi connectivity index (χ0) is 10.5. The fourth-order valence-electron chi connectivity index (χ4n) is 1.23. The van der Waals surface area contributed by atoms with Crippen LogP contribution in [0.4, 0.5) is 0 Å². The summed E-state index contributed by atoms with van der Waals surface area (Å²) in [6.45, 7) is 11.4. The summed E-state index contributed by atoms with van der Waals surface area (Å²) in [4.78, 5) is 0. The van der Waals surface area contributed by atoms with E-state index in [4.69, 9.17) is 10.5 Å². The highest BCUT2D eigenvalue weighted by Crippen LogP contribution is 2.20. The lowest BCUT2D eigenvalue weighted by atomic mass is 9.84. The minimum atomic E-state index is -0.0797. The van der Waals surface area contributed by atoms with Gasteiger partial charge in [-0.25, -0.2) is 0 Å². The van der Waals surface area contributed by atoms with Gasteiger partial charge >= 0.3 is 0 Å². The molecule has 0 amide bonds. The molecule has 0 bridgehead atoms. The monoisotopic (exact) mass is 187 g/mol. The van der Waals surface area contributed by atoms with E-state index in [-0.39, 0.29) is 5.54 Å². The van der Waals surface area contributed by atoms with E-state index in [1.165, 1.54) is 0 Å². The Kier molecular flexibility index (Phi) is 5.57. The van der Waals surface area contributed by atoms with Crippen molar-refractivity contribution in [2.45, 2.75) is 59.1 Å². The molecule has 13 heavy (non-hydrogen) atoms. The van der Waals surface area contributed by atoms with Crippen LogP contribution in [-0.2, 0) is 4.74 Å². The van der Waals surface area contributed by atoms with Crippen LogP contribution >= 0.6 is 0 Å². The molecule has 2 N–H and O–H groups in total. The Bertz CT molecular complexity index is 132. The first-order valence-corrected chi connectivity index (χ1v) is 5.30.